The molecule has 0 aliphatic rings. The van der Waals surface area contributed by atoms with Crippen molar-refractivity contribution < 1.29 is 13.2 Å². The highest BCUT2D eigenvalue weighted by Gasteiger charge is 2.21. The van der Waals surface area contributed by atoms with Gasteiger partial charge in [-0.15, -0.1) is 0 Å². The third-order valence-corrected chi connectivity index (χ3v) is 5.49. The van der Waals surface area contributed by atoms with Gasteiger partial charge in [0.2, 0.25) is 5.91 Å². The highest BCUT2D eigenvalue weighted by atomic mass is 32.2. The van der Waals surface area contributed by atoms with Crippen LogP contribution < -0.4 is 0 Å². The molecule has 1 aromatic carbocycles. The highest BCUT2D eigenvalue weighted by Crippen LogP contribution is 2.14. The Balaban J connectivity index is 2.03. The number of aromatic nitrogens is 2. The topological polar surface area (TPSA) is 72.3 Å². The van der Waals surface area contributed by atoms with Crippen LogP contribution in [0, 0.1) is 5.92 Å². The number of carbonyl (C=O) groups excluding carboxylic acids is 1. The van der Waals surface area contributed by atoms with E-state index < -0.39 is 9.84 Å². The number of amides is 1. The largest absolute Gasteiger partial charge is 0.338 e. The average molecular weight is 363 g/mol. The van der Waals surface area contributed by atoms with Gasteiger partial charge in [-0.3, -0.25) is 9.48 Å². The summed E-state index contributed by atoms with van der Waals surface area (Å²) in [6, 6.07) is 8.25. The molecule has 0 bridgehead atoms. The van der Waals surface area contributed by atoms with Crippen molar-refractivity contribution in [2.24, 2.45) is 13.0 Å². The van der Waals surface area contributed by atoms with E-state index in [0.29, 0.717) is 19.0 Å². The molecule has 0 saturated heterocycles. The average Bonchev–Trinajstić information content (AvgIpc) is 2.97. The molecule has 0 aliphatic heterocycles. The van der Waals surface area contributed by atoms with E-state index in [1.54, 1.807) is 46.1 Å². The summed E-state index contributed by atoms with van der Waals surface area (Å²) < 4.78 is 26.4. The summed E-state index contributed by atoms with van der Waals surface area (Å²) in [5.74, 6) is -0.0410. The van der Waals surface area contributed by atoms with Gasteiger partial charge >= 0.3 is 0 Å². The predicted molar refractivity (Wildman–Crippen MR) is 96.6 cm³/mol. The third kappa shape index (κ3) is 5.70. The lowest BCUT2D eigenvalue weighted by Crippen LogP contribution is -2.34. The Morgan fingerprint density at radius 1 is 1.24 bits per heavy atom. The van der Waals surface area contributed by atoms with Crippen molar-refractivity contribution in [2.75, 3.05) is 12.3 Å². The monoisotopic (exact) mass is 363 g/mol. The number of nitrogens with zero attached hydrogens (tertiary/aromatic N) is 3. The van der Waals surface area contributed by atoms with Crippen molar-refractivity contribution in [1.82, 2.24) is 14.7 Å². The van der Waals surface area contributed by atoms with E-state index in [4.69, 9.17) is 0 Å². The summed E-state index contributed by atoms with van der Waals surface area (Å²) in [6.07, 6.45) is 3.56. The summed E-state index contributed by atoms with van der Waals surface area (Å²) in [6.45, 7) is 5.09. The molecular formula is C18H25N3O3S. The molecule has 25 heavy (non-hydrogen) atoms. The summed E-state index contributed by atoms with van der Waals surface area (Å²) in [4.78, 5) is 14.6. The number of hydrogen-bond donors (Lipinski definition) is 0. The van der Waals surface area contributed by atoms with Crippen LogP contribution in [0.3, 0.4) is 0 Å². The number of benzene rings is 1. The van der Waals surface area contributed by atoms with E-state index in [1.807, 2.05) is 27.1 Å². The van der Waals surface area contributed by atoms with Crippen LogP contribution in [0.15, 0.2) is 47.6 Å². The van der Waals surface area contributed by atoms with Gasteiger partial charge in [-0.1, -0.05) is 32.0 Å². The highest BCUT2D eigenvalue weighted by molar-refractivity contribution is 7.91. The second-order valence-electron chi connectivity index (χ2n) is 6.57. The lowest BCUT2D eigenvalue weighted by Gasteiger charge is -2.24. The van der Waals surface area contributed by atoms with Crippen molar-refractivity contribution >= 4 is 15.7 Å². The van der Waals surface area contributed by atoms with Crippen molar-refractivity contribution in [3.05, 3.63) is 48.3 Å². The summed E-state index contributed by atoms with van der Waals surface area (Å²) in [5, 5.41) is 4.12. The molecule has 0 saturated carbocycles. The maximum Gasteiger partial charge on any atom is 0.223 e. The normalized spacial score (nSPS) is 11.7. The molecule has 1 aromatic heterocycles. The van der Waals surface area contributed by atoms with Crippen LogP contribution in [0.5, 0.6) is 0 Å². The number of hydrogen-bond acceptors (Lipinski definition) is 4. The van der Waals surface area contributed by atoms with Crippen molar-refractivity contribution in [1.29, 1.82) is 0 Å². The molecule has 1 heterocycles. The minimum atomic E-state index is -3.45. The summed E-state index contributed by atoms with van der Waals surface area (Å²) >= 11 is 0. The second kappa shape index (κ2) is 8.29. The zero-order valence-corrected chi connectivity index (χ0v) is 15.7. The van der Waals surface area contributed by atoms with E-state index in [2.05, 4.69) is 5.10 Å². The van der Waals surface area contributed by atoms with Gasteiger partial charge in [0, 0.05) is 38.3 Å². The quantitative estimate of drug-likeness (QED) is 0.721. The van der Waals surface area contributed by atoms with E-state index in [0.717, 1.165) is 5.56 Å². The maximum absolute atomic E-state index is 12.6. The molecule has 2 rings (SSSR count). The fourth-order valence-corrected chi connectivity index (χ4v) is 3.85. The zero-order valence-electron chi connectivity index (χ0n) is 14.9. The first-order valence-corrected chi connectivity index (χ1v) is 9.96. The second-order valence-corrected chi connectivity index (χ2v) is 8.68. The van der Waals surface area contributed by atoms with E-state index in [-0.39, 0.29) is 23.0 Å². The predicted octanol–water partition coefficient (Wildman–Crippen LogP) is 2.27. The number of sulfone groups is 1. The molecular weight excluding hydrogens is 338 g/mol. The fraction of sp³-hybridized carbons (Fsp3) is 0.444. The van der Waals surface area contributed by atoms with Crippen molar-refractivity contribution in [3.8, 4) is 0 Å². The van der Waals surface area contributed by atoms with Crippen LogP contribution in [0.1, 0.15) is 25.8 Å². The molecule has 0 atom stereocenters. The molecule has 0 radical (unpaired) electrons. The van der Waals surface area contributed by atoms with Crippen molar-refractivity contribution in [2.45, 2.75) is 31.7 Å². The molecule has 0 unspecified atom stereocenters. The molecule has 0 aliphatic carbocycles. The molecule has 0 N–H and O–H groups in total. The van der Waals surface area contributed by atoms with Crippen LogP contribution in [-0.4, -0.2) is 41.3 Å². The van der Waals surface area contributed by atoms with Crippen LogP contribution >= 0.6 is 0 Å². The van der Waals surface area contributed by atoms with Crippen molar-refractivity contribution in [3.63, 3.8) is 0 Å². The molecule has 2 aromatic rings. The molecule has 136 valence electrons. The number of aryl methyl sites for hydroxylation is 1. The summed E-state index contributed by atoms with van der Waals surface area (Å²) in [7, 11) is -1.63. The van der Waals surface area contributed by atoms with Gasteiger partial charge in [0.1, 0.15) is 0 Å². The minimum Gasteiger partial charge on any atom is -0.338 e. The lowest BCUT2D eigenvalue weighted by molar-refractivity contribution is -0.131. The van der Waals surface area contributed by atoms with Gasteiger partial charge in [0.15, 0.2) is 9.84 Å². The molecule has 1 amide bonds. The standard InChI is InChI=1S/C18H25N3O3S/c1-15(2)12-21(14-16-11-19-20(3)13-16)18(22)9-10-25(23,24)17-7-5-4-6-8-17/h4-8,11,13,15H,9-10,12,14H2,1-3H3. The van der Waals surface area contributed by atoms with Gasteiger partial charge in [-0.05, 0) is 18.1 Å². The van der Waals surface area contributed by atoms with E-state index in [1.165, 1.54) is 0 Å². The lowest BCUT2D eigenvalue weighted by atomic mass is 10.2. The third-order valence-electron chi connectivity index (χ3n) is 3.76. The Labute approximate surface area is 149 Å². The Bertz CT molecular complexity index is 798. The van der Waals surface area contributed by atoms with Crippen LogP contribution in [-0.2, 0) is 28.2 Å². The zero-order chi connectivity index (χ0) is 18.4. The van der Waals surface area contributed by atoms with Gasteiger partial charge < -0.3 is 4.90 Å². The van der Waals surface area contributed by atoms with E-state index >= 15 is 0 Å². The van der Waals surface area contributed by atoms with Crippen LogP contribution in [0.2, 0.25) is 0 Å². The van der Waals surface area contributed by atoms with Gasteiger partial charge in [0.25, 0.3) is 0 Å². The Hall–Kier alpha value is -2.15. The first-order chi connectivity index (χ1) is 11.8. The Morgan fingerprint density at radius 2 is 1.92 bits per heavy atom. The van der Waals surface area contributed by atoms with Gasteiger partial charge in [0.05, 0.1) is 16.8 Å². The number of carbonyl (C=O) groups is 1. The molecule has 6 nitrogen and oxygen atoms in total. The smallest absolute Gasteiger partial charge is 0.223 e. The van der Waals surface area contributed by atoms with E-state index in [9.17, 15) is 13.2 Å². The Morgan fingerprint density at radius 3 is 2.48 bits per heavy atom. The first-order valence-electron chi connectivity index (χ1n) is 8.31. The van der Waals surface area contributed by atoms with Crippen LogP contribution in [0.25, 0.3) is 0 Å². The molecule has 0 fully saturated rings. The number of rotatable bonds is 8. The minimum absolute atomic E-state index is 0.0236. The molecule has 7 heteroatoms. The SMILES string of the molecule is CC(C)CN(Cc1cnn(C)c1)C(=O)CCS(=O)(=O)c1ccccc1. The Kier molecular flexibility index (Phi) is 6.36. The first kappa shape index (κ1) is 19.2. The molecule has 0 spiro atoms. The van der Waals surface area contributed by atoms with Crippen LogP contribution in [0.4, 0.5) is 0 Å². The fourth-order valence-electron chi connectivity index (χ4n) is 2.59. The summed E-state index contributed by atoms with van der Waals surface area (Å²) in [5.41, 5.74) is 0.933. The maximum atomic E-state index is 12.6. The van der Waals surface area contributed by atoms with Gasteiger partial charge in [-0.2, -0.15) is 5.10 Å². The van der Waals surface area contributed by atoms with Gasteiger partial charge in [-0.25, -0.2) is 8.42 Å².